The highest BCUT2D eigenvalue weighted by Gasteiger charge is 2.08. The molecule has 118 valence electrons. The van der Waals surface area contributed by atoms with Crippen molar-refractivity contribution in [2.24, 2.45) is 0 Å². The summed E-state index contributed by atoms with van der Waals surface area (Å²) in [5, 5.41) is 7.13. The number of hydrogen-bond donors (Lipinski definition) is 2. The van der Waals surface area contributed by atoms with Gasteiger partial charge < -0.3 is 10.2 Å². The van der Waals surface area contributed by atoms with Crippen molar-refractivity contribution < 1.29 is 4.74 Å². The van der Waals surface area contributed by atoms with Crippen molar-refractivity contribution in [2.75, 3.05) is 12.0 Å². The van der Waals surface area contributed by atoms with Crippen LogP contribution in [0, 0.1) is 4.77 Å². The zero-order chi connectivity index (χ0) is 16.1. The summed E-state index contributed by atoms with van der Waals surface area (Å²) in [5.74, 6) is 1.64. The van der Waals surface area contributed by atoms with Gasteiger partial charge in [-0.05, 0) is 36.8 Å². The lowest BCUT2D eigenvalue weighted by atomic mass is 10.2. The third-order valence-corrected chi connectivity index (χ3v) is 3.65. The van der Waals surface area contributed by atoms with Crippen LogP contribution < -0.4 is 10.2 Å². The van der Waals surface area contributed by atoms with Crippen molar-refractivity contribution in [1.29, 1.82) is 0 Å². The van der Waals surface area contributed by atoms with Crippen LogP contribution in [0.3, 0.4) is 0 Å². The van der Waals surface area contributed by atoms with E-state index in [1.54, 1.807) is 4.68 Å². The second kappa shape index (κ2) is 7.11. The molecule has 0 bridgehead atoms. The first kappa shape index (κ1) is 15.3. The van der Waals surface area contributed by atoms with E-state index in [0.29, 0.717) is 17.9 Å². The van der Waals surface area contributed by atoms with Gasteiger partial charge >= 0.3 is 0 Å². The second-order valence-corrected chi connectivity index (χ2v) is 5.35. The van der Waals surface area contributed by atoms with Gasteiger partial charge in [-0.1, -0.05) is 42.5 Å². The molecule has 0 amide bonds. The Hall–Kier alpha value is -2.60. The van der Waals surface area contributed by atoms with Gasteiger partial charge in [-0.15, -0.1) is 0 Å². The minimum atomic E-state index is 0.537. The zero-order valence-corrected chi connectivity index (χ0v) is 13.6. The molecule has 0 saturated heterocycles. The summed E-state index contributed by atoms with van der Waals surface area (Å²) in [6, 6.07) is 17.9. The summed E-state index contributed by atoms with van der Waals surface area (Å²) >= 11 is 5.31. The van der Waals surface area contributed by atoms with Crippen LogP contribution in [0.1, 0.15) is 12.5 Å². The maximum Gasteiger partial charge on any atom is 0.214 e. The number of nitrogens with zero attached hydrogens (tertiary/aromatic N) is 2. The predicted molar refractivity (Wildman–Crippen MR) is 93.5 cm³/mol. The molecule has 0 aliphatic heterocycles. The third-order valence-electron chi connectivity index (χ3n) is 3.38. The van der Waals surface area contributed by atoms with Crippen LogP contribution in [-0.4, -0.2) is 21.5 Å². The first-order chi connectivity index (χ1) is 11.3. The first-order valence-corrected chi connectivity index (χ1v) is 7.87. The molecule has 0 atom stereocenters. The fourth-order valence-corrected chi connectivity index (χ4v) is 2.46. The second-order valence-electron chi connectivity index (χ2n) is 4.97. The van der Waals surface area contributed by atoms with Gasteiger partial charge in [0.05, 0.1) is 13.2 Å². The summed E-state index contributed by atoms with van der Waals surface area (Å²) in [6.07, 6.45) is 0. The highest BCUT2D eigenvalue weighted by atomic mass is 32.1. The van der Waals surface area contributed by atoms with Gasteiger partial charge in [-0.2, -0.15) is 5.10 Å². The van der Waals surface area contributed by atoms with E-state index in [1.807, 2.05) is 61.5 Å². The van der Waals surface area contributed by atoms with E-state index in [0.717, 1.165) is 22.7 Å². The van der Waals surface area contributed by atoms with Crippen molar-refractivity contribution in [1.82, 2.24) is 14.9 Å². The topological polar surface area (TPSA) is 54.9 Å². The normalized spacial score (nSPS) is 10.5. The molecule has 0 radical (unpaired) electrons. The molecule has 5 nitrogen and oxygen atoms in total. The van der Waals surface area contributed by atoms with Crippen molar-refractivity contribution in [3.8, 4) is 17.1 Å². The highest BCUT2D eigenvalue weighted by Crippen LogP contribution is 2.16. The molecule has 0 aliphatic carbocycles. The van der Waals surface area contributed by atoms with E-state index >= 15 is 0 Å². The van der Waals surface area contributed by atoms with E-state index in [-0.39, 0.29) is 0 Å². The Morgan fingerprint density at radius 1 is 1.13 bits per heavy atom. The molecule has 23 heavy (non-hydrogen) atoms. The Kier molecular flexibility index (Phi) is 4.73. The van der Waals surface area contributed by atoms with Gasteiger partial charge in [-0.25, -0.2) is 9.77 Å². The van der Waals surface area contributed by atoms with E-state index in [9.17, 15) is 0 Å². The van der Waals surface area contributed by atoms with Gasteiger partial charge in [-0.3, -0.25) is 0 Å². The van der Waals surface area contributed by atoms with Gasteiger partial charge in [0.1, 0.15) is 5.75 Å². The number of rotatable bonds is 6. The van der Waals surface area contributed by atoms with Crippen molar-refractivity contribution in [3.05, 3.63) is 64.9 Å². The van der Waals surface area contributed by atoms with E-state index in [1.165, 1.54) is 0 Å². The fourth-order valence-electron chi connectivity index (χ4n) is 2.27. The SMILES string of the molecule is CCOc1ccc(CNn2c(-c3ccccc3)n[nH]c2=S)cc1. The molecule has 0 saturated carbocycles. The number of benzene rings is 2. The lowest BCUT2D eigenvalue weighted by Gasteiger charge is -2.11. The Labute approximate surface area is 139 Å². The number of aromatic nitrogens is 3. The summed E-state index contributed by atoms with van der Waals surface area (Å²) < 4.78 is 7.78. The maximum atomic E-state index is 5.45. The fraction of sp³-hybridized carbons (Fsp3) is 0.176. The molecule has 3 aromatic rings. The zero-order valence-electron chi connectivity index (χ0n) is 12.8. The van der Waals surface area contributed by atoms with Crippen LogP contribution in [0.4, 0.5) is 0 Å². The summed E-state index contributed by atoms with van der Waals surface area (Å²) in [5.41, 5.74) is 5.44. The number of H-pyrrole nitrogens is 1. The molecular weight excluding hydrogens is 308 g/mol. The summed E-state index contributed by atoms with van der Waals surface area (Å²) in [4.78, 5) is 0. The van der Waals surface area contributed by atoms with Crippen molar-refractivity contribution in [2.45, 2.75) is 13.5 Å². The molecule has 1 aromatic heterocycles. The average Bonchev–Trinajstić information content (AvgIpc) is 2.96. The van der Waals surface area contributed by atoms with Crippen LogP contribution in [0.2, 0.25) is 0 Å². The van der Waals surface area contributed by atoms with E-state index in [2.05, 4.69) is 15.6 Å². The molecule has 0 spiro atoms. The van der Waals surface area contributed by atoms with Gasteiger partial charge in [0.25, 0.3) is 0 Å². The third kappa shape index (κ3) is 3.60. The first-order valence-electron chi connectivity index (χ1n) is 7.46. The largest absolute Gasteiger partial charge is 0.494 e. The molecule has 2 aromatic carbocycles. The number of nitrogens with one attached hydrogen (secondary N) is 2. The van der Waals surface area contributed by atoms with Gasteiger partial charge in [0.15, 0.2) is 5.82 Å². The predicted octanol–water partition coefficient (Wildman–Crippen LogP) is 3.75. The van der Waals surface area contributed by atoms with Crippen LogP contribution in [0.5, 0.6) is 5.75 Å². The van der Waals surface area contributed by atoms with Crippen LogP contribution in [0.25, 0.3) is 11.4 Å². The monoisotopic (exact) mass is 326 g/mol. The minimum Gasteiger partial charge on any atom is -0.494 e. The van der Waals surface area contributed by atoms with Gasteiger partial charge in [0.2, 0.25) is 4.77 Å². The molecule has 2 N–H and O–H groups in total. The molecule has 0 aliphatic rings. The summed E-state index contributed by atoms with van der Waals surface area (Å²) in [7, 11) is 0. The molecular formula is C17H18N4OS. The quantitative estimate of drug-likeness (QED) is 0.677. The number of aromatic amines is 1. The van der Waals surface area contributed by atoms with E-state index < -0.39 is 0 Å². The Morgan fingerprint density at radius 2 is 1.87 bits per heavy atom. The minimum absolute atomic E-state index is 0.537. The lowest BCUT2D eigenvalue weighted by molar-refractivity contribution is 0.340. The number of hydrogen-bond acceptors (Lipinski definition) is 4. The molecule has 0 fully saturated rings. The standard InChI is InChI=1S/C17H18N4OS/c1-2-22-15-10-8-13(9-11-15)12-18-21-16(19-20-17(21)23)14-6-4-3-5-7-14/h3-11,18H,2,12H2,1H3,(H,20,23). The van der Waals surface area contributed by atoms with Crippen LogP contribution in [-0.2, 0) is 6.54 Å². The van der Waals surface area contributed by atoms with Crippen molar-refractivity contribution >= 4 is 12.2 Å². The molecule has 6 heteroatoms. The molecule has 1 heterocycles. The Balaban J connectivity index is 1.76. The Bertz CT molecular complexity index is 809. The molecule has 0 unspecified atom stereocenters. The highest BCUT2D eigenvalue weighted by molar-refractivity contribution is 7.71. The Morgan fingerprint density at radius 3 is 2.57 bits per heavy atom. The van der Waals surface area contributed by atoms with E-state index in [4.69, 9.17) is 17.0 Å². The lowest BCUT2D eigenvalue weighted by Crippen LogP contribution is -2.15. The summed E-state index contributed by atoms with van der Waals surface area (Å²) in [6.45, 7) is 3.28. The average molecular weight is 326 g/mol. The smallest absolute Gasteiger partial charge is 0.214 e. The van der Waals surface area contributed by atoms with Crippen LogP contribution >= 0.6 is 12.2 Å². The molecule has 3 rings (SSSR count). The van der Waals surface area contributed by atoms with Crippen LogP contribution in [0.15, 0.2) is 54.6 Å². The maximum absolute atomic E-state index is 5.45. The van der Waals surface area contributed by atoms with Gasteiger partial charge in [0, 0.05) is 5.56 Å². The number of ether oxygens (including phenoxy) is 1. The van der Waals surface area contributed by atoms with Crippen molar-refractivity contribution in [3.63, 3.8) is 0 Å².